The van der Waals surface area contributed by atoms with Crippen LogP contribution in [0.1, 0.15) is 49.9 Å². The molecule has 0 saturated heterocycles. The molecule has 0 aliphatic heterocycles. The lowest BCUT2D eigenvalue weighted by atomic mass is 10.0. The van der Waals surface area contributed by atoms with Crippen molar-refractivity contribution in [1.82, 2.24) is 14.5 Å². The zero-order chi connectivity index (χ0) is 20.4. The van der Waals surface area contributed by atoms with Crippen LogP contribution in [-0.4, -0.2) is 34.9 Å². The number of fused-ring (bicyclic) bond motifs is 1. The van der Waals surface area contributed by atoms with Gasteiger partial charge in [-0.3, -0.25) is 0 Å². The highest BCUT2D eigenvalue weighted by Crippen LogP contribution is 2.33. The van der Waals surface area contributed by atoms with Gasteiger partial charge in [0.05, 0.1) is 35.5 Å². The van der Waals surface area contributed by atoms with Crippen LogP contribution in [0.3, 0.4) is 0 Å². The Morgan fingerprint density at radius 3 is 2.43 bits per heavy atom. The maximum atomic E-state index is 5.60. The maximum Gasteiger partial charge on any atom is 0.222 e. The minimum Gasteiger partial charge on any atom is -0.480 e. The third kappa shape index (κ3) is 3.76. The standard InChI is InChI=1S/C23H31N3O2/c1-8-17(27-6)13-26-12-16(5)22-20(26)11-15(4)21(25-22)18-9-10-19(14(2)3)24-23(18)28-7/h9-12,14,17H,8,13H2,1-7H3. The lowest BCUT2D eigenvalue weighted by Gasteiger charge is -2.16. The van der Waals surface area contributed by atoms with E-state index in [0.717, 1.165) is 52.1 Å². The minimum atomic E-state index is 0.197. The topological polar surface area (TPSA) is 49.2 Å². The molecule has 28 heavy (non-hydrogen) atoms. The van der Waals surface area contributed by atoms with Crippen LogP contribution in [0, 0.1) is 13.8 Å². The quantitative estimate of drug-likeness (QED) is 0.559. The van der Waals surface area contributed by atoms with Crippen LogP contribution in [0.2, 0.25) is 0 Å². The van der Waals surface area contributed by atoms with Crippen LogP contribution < -0.4 is 4.74 Å². The molecule has 1 atom stereocenters. The van der Waals surface area contributed by atoms with Crippen molar-refractivity contribution in [3.05, 3.63) is 41.2 Å². The van der Waals surface area contributed by atoms with Crippen LogP contribution in [0.15, 0.2) is 24.4 Å². The summed E-state index contributed by atoms with van der Waals surface area (Å²) < 4.78 is 13.4. The van der Waals surface area contributed by atoms with Gasteiger partial charge in [-0.05, 0) is 55.5 Å². The number of rotatable bonds is 7. The summed E-state index contributed by atoms with van der Waals surface area (Å²) in [5, 5.41) is 0. The van der Waals surface area contributed by atoms with Crippen LogP contribution >= 0.6 is 0 Å². The molecular formula is C23H31N3O2. The van der Waals surface area contributed by atoms with Gasteiger partial charge in [0, 0.05) is 25.5 Å². The molecule has 1 unspecified atom stereocenters. The number of methoxy groups -OCH3 is 2. The SMILES string of the molecule is CCC(Cn1cc(C)c2nc(-c3ccc(C(C)C)nc3OC)c(C)cc21)OC. The van der Waals surface area contributed by atoms with Crippen molar-refractivity contribution < 1.29 is 9.47 Å². The van der Waals surface area contributed by atoms with Crippen molar-refractivity contribution in [3.8, 4) is 17.1 Å². The van der Waals surface area contributed by atoms with Gasteiger partial charge >= 0.3 is 0 Å². The van der Waals surface area contributed by atoms with Gasteiger partial charge < -0.3 is 14.0 Å². The minimum absolute atomic E-state index is 0.197. The molecule has 3 rings (SSSR count). The predicted molar refractivity (Wildman–Crippen MR) is 114 cm³/mol. The fraction of sp³-hybridized carbons (Fsp3) is 0.478. The summed E-state index contributed by atoms with van der Waals surface area (Å²) in [5.41, 5.74) is 7.30. The molecule has 0 radical (unpaired) electrons. The zero-order valence-electron chi connectivity index (χ0n) is 18.0. The first-order chi connectivity index (χ1) is 13.4. The molecule has 5 heteroatoms. The van der Waals surface area contributed by atoms with Crippen molar-refractivity contribution in [1.29, 1.82) is 0 Å². The molecule has 5 nitrogen and oxygen atoms in total. The number of pyridine rings is 2. The van der Waals surface area contributed by atoms with Gasteiger partial charge in [0.2, 0.25) is 5.88 Å². The van der Waals surface area contributed by atoms with Gasteiger partial charge in [-0.15, -0.1) is 0 Å². The highest BCUT2D eigenvalue weighted by atomic mass is 16.5. The van der Waals surface area contributed by atoms with E-state index in [9.17, 15) is 0 Å². The molecule has 3 aromatic heterocycles. The van der Waals surface area contributed by atoms with Gasteiger partial charge in [0.25, 0.3) is 0 Å². The van der Waals surface area contributed by atoms with Crippen molar-refractivity contribution in [2.45, 2.75) is 59.6 Å². The van der Waals surface area contributed by atoms with E-state index < -0.39 is 0 Å². The molecular weight excluding hydrogens is 350 g/mol. The molecule has 0 bridgehead atoms. The second-order valence-corrected chi connectivity index (χ2v) is 7.70. The Labute approximate surface area is 167 Å². The van der Waals surface area contributed by atoms with E-state index in [1.165, 1.54) is 0 Å². The zero-order valence-corrected chi connectivity index (χ0v) is 18.0. The van der Waals surface area contributed by atoms with Gasteiger partial charge in [0.15, 0.2) is 0 Å². The predicted octanol–water partition coefficient (Wildman–Crippen LogP) is 5.27. The lowest BCUT2D eigenvalue weighted by Crippen LogP contribution is -2.17. The number of aryl methyl sites for hydroxylation is 2. The highest BCUT2D eigenvalue weighted by Gasteiger charge is 2.18. The molecule has 0 N–H and O–H groups in total. The van der Waals surface area contributed by atoms with Crippen LogP contribution in [0.5, 0.6) is 5.88 Å². The summed E-state index contributed by atoms with van der Waals surface area (Å²) in [6.07, 6.45) is 3.34. The molecule has 150 valence electrons. The Kier molecular flexibility index (Phi) is 6.04. The Morgan fingerprint density at radius 1 is 1.07 bits per heavy atom. The van der Waals surface area contributed by atoms with E-state index >= 15 is 0 Å². The second-order valence-electron chi connectivity index (χ2n) is 7.70. The summed E-state index contributed by atoms with van der Waals surface area (Å²) >= 11 is 0. The molecule has 0 aromatic carbocycles. The van der Waals surface area contributed by atoms with Gasteiger partial charge in [-0.2, -0.15) is 0 Å². The fourth-order valence-electron chi connectivity index (χ4n) is 3.60. The Morgan fingerprint density at radius 2 is 1.82 bits per heavy atom. The summed E-state index contributed by atoms with van der Waals surface area (Å²) in [5.74, 6) is 0.978. The Balaban J connectivity index is 2.12. The first-order valence-electron chi connectivity index (χ1n) is 9.94. The first kappa shape index (κ1) is 20.3. The summed E-state index contributed by atoms with van der Waals surface area (Å²) in [6.45, 7) is 11.4. The summed E-state index contributed by atoms with van der Waals surface area (Å²) in [4.78, 5) is 9.72. The van der Waals surface area contributed by atoms with Crippen molar-refractivity contribution >= 4 is 11.0 Å². The van der Waals surface area contributed by atoms with Crippen LogP contribution in [-0.2, 0) is 11.3 Å². The summed E-state index contributed by atoms with van der Waals surface area (Å²) in [6, 6.07) is 6.35. The van der Waals surface area contributed by atoms with E-state index in [0.29, 0.717) is 11.8 Å². The third-order valence-corrected chi connectivity index (χ3v) is 5.34. The molecule has 0 aliphatic rings. The smallest absolute Gasteiger partial charge is 0.222 e. The summed E-state index contributed by atoms with van der Waals surface area (Å²) in [7, 11) is 3.44. The fourth-order valence-corrected chi connectivity index (χ4v) is 3.60. The van der Waals surface area contributed by atoms with Crippen LogP contribution in [0.4, 0.5) is 0 Å². The monoisotopic (exact) mass is 381 g/mol. The molecule has 0 spiro atoms. The molecule has 0 fully saturated rings. The average Bonchev–Trinajstić information content (AvgIpc) is 2.99. The number of hydrogen-bond donors (Lipinski definition) is 0. The van der Waals surface area contributed by atoms with Gasteiger partial charge in [-0.25, -0.2) is 9.97 Å². The molecule has 3 aromatic rings. The second kappa shape index (κ2) is 8.31. The Bertz CT molecular complexity index is 972. The number of ether oxygens (including phenoxy) is 2. The van der Waals surface area contributed by atoms with Crippen LogP contribution in [0.25, 0.3) is 22.3 Å². The van der Waals surface area contributed by atoms with Gasteiger partial charge in [-0.1, -0.05) is 20.8 Å². The highest BCUT2D eigenvalue weighted by molar-refractivity contribution is 5.85. The number of nitrogens with zero attached hydrogens (tertiary/aromatic N) is 3. The van der Waals surface area contributed by atoms with Gasteiger partial charge in [0.1, 0.15) is 0 Å². The van der Waals surface area contributed by atoms with Crippen molar-refractivity contribution in [3.63, 3.8) is 0 Å². The maximum absolute atomic E-state index is 5.60. The van der Waals surface area contributed by atoms with Crippen molar-refractivity contribution in [2.24, 2.45) is 0 Å². The largest absolute Gasteiger partial charge is 0.480 e. The Hall–Kier alpha value is -2.40. The number of aromatic nitrogens is 3. The van der Waals surface area contributed by atoms with E-state index in [1.807, 2.05) is 0 Å². The first-order valence-corrected chi connectivity index (χ1v) is 9.94. The molecule has 0 aliphatic carbocycles. The van der Waals surface area contributed by atoms with E-state index in [4.69, 9.17) is 19.4 Å². The molecule has 3 heterocycles. The normalized spacial score (nSPS) is 12.7. The lowest BCUT2D eigenvalue weighted by molar-refractivity contribution is 0.0857. The molecule has 0 amide bonds. The average molecular weight is 382 g/mol. The number of hydrogen-bond acceptors (Lipinski definition) is 4. The van der Waals surface area contributed by atoms with E-state index in [1.54, 1.807) is 14.2 Å². The van der Waals surface area contributed by atoms with E-state index in [2.05, 4.69) is 63.6 Å². The van der Waals surface area contributed by atoms with Crippen molar-refractivity contribution in [2.75, 3.05) is 14.2 Å². The third-order valence-electron chi connectivity index (χ3n) is 5.34. The van der Waals surface area contributed by atoms with E-state index in [-0.39, 0.29) is 6.10 Å². The molecule has 0 saturated carbocycles.